The molecule has 142 valence electrons. The molecule has 8 heteroatoms. The molecule has 2 aliphatic heterocycles. The summed E-state index contributed by atoms with van der Waals surface area (Å²) in [6, 6.07) is 6.06. The van der Waals surface area contributed by atoms with Crippen molar-refractivity contribution in [1.29, 1.82) is 0 Å². The van der Waals surface area contributed by atoms with E-state index in [2.05, 4.69) is 22.4 Å². The van der Waals surface area contributed by atoms with Crippen molar-refractivity contribution in [1.82, 2.24) is 10.2 Å². The third-order valence-corrected chi connectivity index (χ3v) is 6.17. The van der Waals surface area contributed by atoms with Crippen LogP contribution in [0.2, 0.25) is 0 Å². The van der Waals surface area contributed by atoms with Gasteiger partial charge in [0.15, 0.2) is 0 Å². The van der Waals surface area contributed by atoms with Crippen LogP contribution in [-0.4, -0.2) is 41.3 Å². The number of ether oxygens (including phenoxy) is 1. The first-order valence-corrected chi connectivity index (χ1v) is 9.96. The molecule has 3 heterocycles. The van der Waals surface area contributed by atoms with Crippen LogP contribution in [0.5, 0.6) is 0 Å². The van der Waals surface area contributed by atoms with Crippen LogP contribution in [-0.2, 0) is 14.3 Å². The maximum Gasteiger partial charge on any atom is 0.255 e. The predicted molar refractivity (Wildman–Crippen MR) is 103 cm³/mol. The second-order valence-corrected chi connectivity index (χ2v) is 8.12. The van der Waals surface area contributed by atoms with Crippen LogP contribution >= 0.6 is 11.3 Å². The van der Waals surface area contributed by atoms with E-state index >= 15 is 0 Å². The van der Waals surface area contributed by atoms with Gasteiger partial charge in [0.25, 0.3) is 5.91 Å². The molecule has 0 unspecified atom stereocenters. The highest BCUT2D eigenvalue weighted by atomic mass is 32.1. The van der Waals surface area contributed by atoms with E-state index < -0.39 is 6.10 Å². The summed E-state index contributed by atoms with van der Waals surface area (Å²) in [5, 5.41) is 12.3. The normalized spacial score (nSPS) is 22.4. The van der Waals surface area contributed by atoms with Gasteiger partial charge in [-0.2, -0.15) is 0 Å². The van der Waals surface area contributed by atoms with E-state index in [4.69, 9.17) is 4.74 Å². The Kier molecular flexibility index (Phi) is 4.92. The van der Waals surface area contributed by atoms with Crippen molar-refractivity contribution in [2.24, 2.45) is 0 Å². The monoisotopic (exact) mass is 386 g/mol. The predicted octanol–water partition coefficient (Wildman–Crippen LogP) is 2.79. The van der Waals surface area contributed by atoms with Gasteiger partial charge in [-0.25, -0.2) is 0 Å². The second kappa shape index (κ2) is 7.36. The first-order chi connectivity index (χ1) is 13.0. The highest BCUT2D eigenvalue weighted by Gasteiger charge is 2.34. The average Bonchev–Trinajstić information content (AvgIpc) is 3.38. The van der Waals surface area contributed by atoms with E-state index in [1.807, 2.05) is 30.0 Å². The maximum atomic E-state index is 12.5. The Morgan fingerprint density at radius 3 is 2.89 bits per heavy atom. The second-order valence-electron chi connectivity index (χ2n) is 7.11. The van der Waals surface area contributed by atoms with Gasteiger partial charge in [-0.1, -0.05) is 17.4 Å². The van der Waals surface area contributed by atoms with E-state index in [0.717, 1.165) is 23.5 Å². The molecule has 0 bridgehead atoms. The minimum absolute atomic E-state index is 0.00927. The lowest BCUT2D eigenvalue weighted by atomic mass is 10.1. The molecule has 1 aromatic carbocycles. The lowest BCUT2D eigenvalue weighted by molar-refractivity contribution is -0.124. The van der Waals surface area contributed by atoms with Crippen molar-refractivity contribution in [2.45, 2.75) is 45.1 Å². The molecule has 2 amide bonds. The van der Waals surface area contributed by atoms with Crippen LogP contribution in [0, 0.1) is 13.8 Å². The smallest absolute Gasteiger partial charge is 0.255 e. The Bertz CT molecular complexity index is 876. The number of hydrogen-bond donors (Lipinski definition) is 1. The van der Waals surface area contributed by atoms with Crippen LogP contribution in [0.25, 0.3) is 0 Å². The van der Waals surface area contributed by atoms with Gasteiger partial charge in [0.2, 0.25) is 11.0 Å². The number of amides is 2. The Morgan fingerprint density at radius 2 is 2.15 bits per heavy atom. The Hall–Kier alpha value is -2.32. The fraction of sp³-hybridized carbons (Fsp3) is 0.474. The van der Waals surface area contributed by atoms with Crippen molar-refractivity contribution in [3.05, 3.63) is 34.3 Å². The quantitative estimate of drug-likeness (QED) is 0.873. The van der Waals surface area contributed by atoms with Crippen LogP contribution in [0.4, 0.5) is 10.8 Å². The number of nitrogens with zero attached hydrogens (tertiary/aromatic N) is 3. The fourth-order valence-electron chi connectivity index (χ4n) is 3.44. The van der Waals surface area contributed by atoms with Crippen LogP contribution in [0.3, 0.4) is 0 Å². The zero-order valence-corrected chi connectivity index (χ0v) is 16.2. The summed E-state index contributed by atoms with van der Waals surface area (Å²) >= 11 is 1.33. The number of aryl methyl sites for hydroxylation is 2. The summed E-state index contributed by atoms with van der Waals surface area (Å²) < 4.78 is 5.38. The largest absolute Gasteiger partial charge is 0.368 e. The molecule has 0 spiro atoms. The molecular formula is C19H22N4O3S. The summed E-state index contributed by atoms with van der Waals surface area (Å²) in [5.41, 5.74) is 3.29. The van der Waals surface area contributed by atoms with Gasteiger partial charge in [-0.05, 0) is 49.9 Å². The maximum absolute atomic E-state index is 12.5. The first-order valence-electron chi connectivity index (χ1n) is 9.15. The molecule has 0 aliphatic carbocycles. The lowest BCUT2D eigenvalue weighted by Gasteiger charge is -2.17. The zero-order chi connectivity index (χ0) is 19.0. The van der Waals surface area contributed by atoms with Crippen LogP contribution in [0.15, 0.2) is 18.2 Å². The average molecular weight is 386 g/mol. The lowest BCUT2D eigenvalue weighted by Crippen LogP contribution is -2.26. The molecule has 1 aromatic heterocycles. The van der Waals surface area contributed by atoms with E-state index in [9.17, 15) is 9.59 Å². The summed E-state index contributed by atoms with van der Waals surface area (Å²) in [6.45, 7) is 5.31. The highest BCUT2D eigenvalue weighted by molar-refractivity contribution is 7.15. The summed E-state index contributed by atoms with van der Waals surface area (Å²) in [5.74, 6) is -0.0946. The van der Waals surface area contributed by atoms with Gasteiger partial charge in [0.1, 0.15) is 11.1 Å². The number of rotatable bonds is 4. The SMILES string of the molecule is Cc1ccc(N2C[C@@H](c3nnc(NC(=O)[C@H]4CCCO4)s3)CC2=O)cc1C. The van der Waals surface area contributed by atoms with E-state index in [0.29, 0.717) is 24.7 Å². The number of aromatic nitrogens is 2. The van der Waals surface area contributed by atoms with Crippen molar-refractivity contribution < 1.29 is 14.3 Å². The van der Waals surface area contributed by atoms with Gasteiger partial charge in [0, 0.05) is 31.2 Å². The summed E-state index contributed by atoms with van der Waals surface area (Å²) in [6.07, 6.45) is 1.64. The van der Waals surface area contributed by atoms with E-state index in [1.54, 1.807) is 0 Å². The van der Waals surface area contributed by atoms with E-state index in [1.165, 1.54) is 22.5 Å². The van der Waals surface area contributed by atoms with Gasteiger partial charge >= 0.3 is 0 Å². The first kappa shape index (κ1) is 18.1. The number of anilines is 2. The molecule has 2 fully saturated rings. The van der Waals surface area contributed by atoms with Gasteiger partial charge in [-0.3, -0.25) is 14.9 Å². The molecule has 27 heavy (non-hydrogen) atoms. The van der Waals surface area contributed by atoms with Gasteiger partial charge in [0.05, 0.1) is 0 Å². The molecule has 0 saturated carbocycles. The zero-order valence-electron chi connectivity index (χ0n) is 15.4. The minimum Gasteiger partial charge on any atom is -0.368 e. The van der Waals surface area contributed by atoms with Crippen molar-refractivity contribution in [2.75, 3.05) is 23.4 Å². The van der Waals surface area contributed by atoms with Crippen molar-refractivity contribution >= 4 is 34.0 Å². The highest BCUT2D eigenvalue weighted by Crippen LogP contribution is 2.34. The third-order valence-electron chi connectivity index (χ3n) is 5.17. The van der Waals surface area contributed by atoms with E-state index in [-0.39, 0.29) is 17.7 Å². The molecule has 2 atom stereocenters. The van der Waals surface area contributed by atoms with Gasteiger partial charge in [-0.15, -0.1) is 10.2 Å². The summed E-state index contributed by atoms with van der Waals surface area (Å²) in [4.78, 5) is 26.5. The number of benzene rings is 1. The Labute approximate surface area is 161 Å². The number of hydrogen-bond acceptors (Lipinski definition) is 6. The molecule has 2 aliphatic rings. The molecular weight excluding hydrogens is 364 g/mol. The van der Waals surface area contributed by atoms with Crippen molar-refractivity contribution in [3.63, 3.8) is 0 Å². The Balaban J connectivity index is 1.43. The molecule has 7 nitrogen and oxygen atoms in total. The minimum atomic E-state index is -0.398. The Morgan fingerprint density at radius 1 is 1.30 bits per heavy atom. The van der Waals surface area contributed by atoms with Crippen LogP contribution < -0.4 is 10.2 Å². The molecule has 2 saturated heterocycles. The standard InChI is InChI=1S/C19H22N4O3S/c1-11-5-6-14(8-12(11)2)23-10-13(9-16(23)24)18-21-22-19(27-18)20-17(25)15-4-3-7-26-15/h5-6,8,13,15H,3-4,7,9-10H2,1-2H3,(H,20,22,25)/t13-,15+/m0/s1. The van der Waals surface area contributed by atoms with Gasteiger partial charge < -0.3 is 9.64 Å². The number of nitrogens with one attached hydrogen (secondary N) is 1. The topological polar surface area (TPSA) is 84.4 Å². The fourth-order valence-corrected chi connectivity index (χ4v) is 4.27. The molecule has 0 radical (unpaired) electrons. The molecule has 1 N–H and O–H groups in total. The summed E-state index contributed by atoms with van der Waals surface area (Å²) in [7, 11) is 0. The number of carbonyl (C=O) groups excluding carboxylic acids is 2. The molecule has 2 aromatic rings. The molecule has 4 rings (SSSR count). The van der Waals surface area contributed by atoms with Crippen LogP contribution in [0.1, 0.15) is 41.3 Å². The number of carbonyl (C=O) groups is 2. The third kappa shape index (κ3) is 3.72. The van der Waals surface area contributed by atoms with Crippen molar-refractivity contribution in [3.8, 4) is 0 Å².